The molecule has 2 aromatic rings. The van der Waals surface area contributed by atoms with Crippen LogP contribution in [-0.4, -0.2) is 17.6 Å². The van der Waals surface area contributed by atoms with E-state index in [4.69, 9.17) is 4.52 Å². The SMILES string of the molecule is CC(C)CCNC(=O)Cc1cc(-c2ccc(F)cc2F)on1. The van der Waals surface area contributed by atoms with Gasteiger partial charge in [-0.15, -0.1) is 0 Å². The van der Waals surface area contributed by atoms with E-state index in [1.165, 1.54) is 12.1 Å². The van der Waals surface area contributed by atoms with Crippen LogP contribution in [0.5, 0.6) is 0 Å². The second-order valence-electron chi connectivity index (χ2n) is 5.52. The van der Waals surface area contributed by atoms with Gasteiger partial charge < -0.3 is 9.84 Å². The average Bonchev–Trinajstić information content (AvgIpc) is 2.86. The van der Waals surface area contributed by atoms with E-state index in [0.717, 1.165) is 18.6 Å². The number of hydrogen-bond donors (Lipinski definition) is 1. The predicted molar refractivity (Wildman–Crippen MR) is 78.0 cm³/mol. The van der Waals surface area contributed by atoms with Crippen LogP contribution in [0.4, 0.5) is 8.78 Å². The zero-order chi connectivity index (χ0) is 16.1. The number of rotatable bonds is 6. The van der Waals surface area contributed by atoms with Crippen molar-refractivity contribution < 1.29 is 18.1 Å². The lowest BCUT2D eigenvalue weighted by atomic mass is 10.1. The molecule has 22 heavy (non-hydrogen) atoms. The molecule has 1 amide bonds. The highest BCUT2D eigenvalue weighted by molar-refractivity contribution is 5.78. The molecule has 0 aliphatic rings. The first kappa shape index (κ1) is 16.1. The van der Waals surface area contributed by atoms with Crippen molar-refractivity contribution >= 4 is 5.91 Å². The number of nitrogens with zero attached hydrogens (tertiary/aromatic N) is 1. The Labute approximate surface area is 127 Å². The summed E-state index contributed by atoms with van der Waals surface area (Å²) in [6, 6.07) is 4.67. The highest BCUT2D eigenvalue weighted by Crippen LogP contribution is 2.24. The minimum atomic E-state index is -0.732. The number of hydrogen-bond acceptors (Lipinski definition) is 3. The minimum absolute atomic E-state index is 0.0599. The van der Waals surface area contributed by atoms with Gasteiger partial charge in [0.25, 0.3) is 0 Å². The quantitative estimate of drug-likeness (QED) is 0.890. The van der Waals surface area contributed by atoms with E-state index in [1.54, 1.807) is 0 Å². The molecule has 0 saturated heterocycles. The van der Waals surface area contributed by atoms with Gasteiger partial charge in [-0.05, 0) is 24.5 Å². The molecule has 0 bridgehead atoms. The molecule has 1 aromatic heterocycles. The van der Waals surface area contributed by atoms with Crippen LogP contribution in [0.3, 0.4) is 0 Å². The fourth-order valence-corrected chi connectivity index (χ4v) is 1.94. The second kappa shape index (κ2) is 7.15. The summed E-state index contributed by atoms with van der Waals surface area (Å²) in [5, 5.41) is 6.53. The van der Waals surface area contributed by atoms with Crippen molar-refractivity contribution in [2.75, 3.05) is 6.54 Å². The molecule has 0 aliphatic carbocycles. The number of nitrogens with one attached hydrogen (secondary N) is 1. The monoisotopic (exact) mass is 308 g/mol. The maximum absolute atomic E-state index is 13.6. The van der Waals surface area contributed by atoms with Gasteiger partial charge in [0, 0.05) is 18.7 Å². The third kappa shape index (κ3) is 4.38. The Bertz CT molecular complexity index is 653. The lowest BCUT2D eigenvalue weighted by Crippen LogP contribution is -2.26. The van der Waals surface area contributed by atoms with Crippen molar-refractivity contribution in [3.05, 3.63) is 41.6 Å². The molecule has 0 aliphatic heterocycles. The van der Waals surface area contributed by atoms with Gasteiger partial charge in [-0.3, -0.25) is 4.79 Å². The highest BCUT2D eigenvalue weighted by atomic mass is 19.1. The molecule has 0 saturated carbocycles. The third-order valence-electron chi connectivity index (χ3n) is 3.14. The summed E-state index contributed by atoms with van der Waals surface area (Å²) in [6.45, 7) is 4.76. The van der Waals surface area contributed by atoms with Crippen LogP contribution < -0.4 is 5.32 Å². The average molecular weight is 308 g/mol. The Kier molecular flexibility index (Phi) is 5.25. The van der Waals surface area contributed by atoms with E-state index < -0.39 is 11.6 Å². The molecular weight excluding hydrogens is 290 g/mol. The van der Waals surface area contributed by atoms with Crippen LogP contribution in [0, 0.1) is 17.6 Å². The number of carbonyl (C=O) groups is 1. The largest absolute Gasteiger partial charge is 0.356 e. The molecule has 118 valence electrons. The normalized spacial score (nSPS) is 11.0. The lowest BCUT2D eigenvalue weighted by Gasteiger charge is -2.05. The molecule has 6 heteroatoms. The van der Waals surface area contributed by atoms with Gasteiger partial charge in [0.1, 0.15) is 11.6 Å². The zero-order valence-electron chi connectivity index (χ0n) is 12.5. The summed E-state index contributed by atoms with van der Waals surface area (Å²) < 4.78 is 31.5. The van der Waals surface area contributed by atoms with Crippen molar-refractivity contribution in [3.8, 4) is 11.3 Å². The number of amides is 1. The number of aromatic nitrogens is 1. The van der Waals surface area contributed by atoms with E-state index in [0.29, 0.717) is 18.2 Å². The summed E-state index contributed by atoms with van der Waals surface area (Å²) in [4.78, 5) is 11.7. The van der Waals surface area contributed by atoms with E-state index in [1.807, 2.05) is 0 Å². The molecule has 1 N–H and O–H groups in total. The minimum Gasteiger partial charge on any atom is -0.356 e. The van der Waals surface area contributed by atoms with Gasteiger partial charge >= 0.3 is 0 Å². The molecule has 2 rings (SSSR count). The summed E-state index contributed by atoms with van der Waals surface area (Å²) >= 11 is 0. The number of carbonyl (C=O) groups excluding carboxylic acids is 1. The van der Waals surface area contributed by atoms with E-state index in [2.05, 4.69) is 24.3 Å². The van der Waals surface area contributed by atoms with Crippen LogP contribution >= 0.6 is 0 Å². The maximum Gasteiger partial charge on any atom is 0.226 e. The Balaban J connectivity index is 1.98. The molecule has 0 unspecified atom stereocenters. The highest BCUT2D eigenvalue weighted by Gasteiger charge is 2.14. The summed E-state index contributed by atoms with van der Waals surface area (Å²) in [7, 11) is 0. The van der Waals surface area contributed by atoms with Gasteiger partial charge in [-0.1, -0.05) is 19.0 Å². The number of benzene rings is 1. The molecule has 0 fully saturated rings. The summed E-state index contributed by atoms with van der Waals surface area (Å²) in [5.74, 6) is -0.877. The van der Waals surface area contributed by atoms with E-state index in [-0.39, 0.29) is 23.7 Å². The summed E-state index contributed by atoms with van der Waals surface area (Å²) in [5.41, 5.74) is 0.515. The van der Waals surface area contributed by atoms with E-state index in [9.17, 15) is 13.6 Å². The zero-order valence-corrected chi connectivity index (χ0v) is 12.5. The van der Waals surface area contributed by atoms with Gasteiger partial charge in [-0.25, -0.2) is 8.78 Å². The van der Waals surface area contributed by atoms with Crippen LogP contribution in [0.2, 0.25) is 0 Å². The molecule has 1 aromatic carbocycles. The van der Waals surface area contributed by atoms with Gasteiger partial charge in [-0.2, -0.15) is 0 Å². The molecule has 4 nitrogen and oxygen atoms in total. The predicted octanol–water partition coefficient (Wildman–Crippen LogP) is 3.32. The molecular formula is C16H18F2N2O2. The van der Waals surface area contributed by atoms with Crippen LogP contribution in [0.1, 0.15) is 26.0 Å². The van der Waals surface area contributed by atoms with Crippen molar-refractivity contribution in [1.29, 1.82) is 0 Å². The first-order valence-electron chi connectivity index (χ1n) is 7.13. The Hall–Kier alpha value is -2.24. The van der Waals surface area contributed by atoms with Crippen molar-refractivity contribution in [2.45, 2.75) is 26.7 Å². The standard InChI is InChI=1S/C16H18F2N2O2/c1-10(2)5-6-19-16(21)9-12-8-15(22-20-12)13-4-3-11(17)7-14(13)18/h3-4,7-8,10H,5-6,9H2,1-2H3,(H,19,21). The van der Waals surface area contributed by atoms with Crippen LogP contribution in [0.15, 0.2) is 28.8 Å². The molecule has 0 spiro atoms. The Morgan fingerprint density at radius 1 is 1.32 bits per heavy atom. The molecule has 0 atom stereocenters. The van der Waals surface area contributed by atoms with Crippen molar-refractivity contribution in [2.24, 2.45) is 5.92 Å². The molecule has 0 radical (unpaired) electrons. The fourth-order valence-electron chi connectivity index (χ4n) is 1.94. The van der Waals surface area contributed by atoms with Gasteiger partial charge in [0.05, 0.1) is 17.7 Å². The van der Waals surface area contributed by atoms with Crippen LogP contribution in [-0.2, 0) is 11.2 Å². The summed E-state index contributed by atoms with van der Waals surface area (Å²) in [6.07, 6.45) is 0.959. The van der Waals surface area contributed by atoms with Crippen molar-refractivity contribution in [1.82, 2.24) is 10.5 Å². The number of halogens is 2. The lowest BCUT2D eigenvalue weighted by molar-refractivity contribution is -0.120. The van der Waals surface area contributed by atoms with Crippen LogP contribution in [0.25, 0.3) is 11.3 Å². The van der Waals surface area contributed by atoms with E-state index >= 15 is 0 Å². The molecule has 1 heterocycles. The smallest absolute Gasteiger partial charge is 0.226 e. The second-order valence-corrected chi connectivity index (χ2v) is 5.52. The topological polar surface area (TPSA) is 55.1 Å². The van der Waals surface area contributed by atoms with Gasteiger partial charge in [0.15, 0.2) is 5.76 Å². The van der Waals surface area contributed by atoms with Gasteiger partial charge in [0.2, 0.25) is 5.91 Å². The Morgan fingerprint density at radius 2 is 2.09 bits per heavy atom. The third-order valence-corrected chi connectivity index (χ3v) is 3.14. The maximum atomic E-state index is 13.6. The van der Waals surface area contributed by atoms with Crippen molar-refractivity contribution in [3.63, 3.8) is 0 Å². The fraction of sp³-hybridized carbons (Fsp3) is 0.375. The first-order valence-corrected chi connectivity index (χ1v) is 7.13. The Morgan fingerprint density at radius 3 is 2.77 bits per heavy atom. The first-order chi connectivity index (χ1) is 10.5.